The van der Waals surface area contributed by atoms with Crippen molar-refractivity contribution in [2.45, 2.75) is 33.7 Å². The molecule has 2 aromatic heterocycles. The highest BCUT2D eigenvalue weighted by atomic mass is 32.1. The lowest BCUT2D eigenvalue weighted by Gasteiger charge is -2.12. The Kier molecular flexibility index (Phi) is 5.97. The van der Waals surface area contributed by atoms with Crippen molar-refractivity contribution in [2.75, 3.05) is 11.9 Å². The number of amides is 2. The molecule has 0 bridgehead atoms. The fourth-order valence-corrected chi connectivity index (χ4v) is 3.31. The van der Waals surface area contributed by atoms with Gasteiger partial charge in [-0.1, -0.05) is 0 Å². The number of anilines is 1. The fraction of sp³-hybridized carbons (Fsp3) is 0.353. The Hall–Kier alpha value is -2.61. The number of carbonyl (C=O) groups is 3. The van der Waals surface area contributed by atoms with E-state index in [1.807, 2.05) is 6.92 Å². The second kappa shape index (κ2) is 7.98. The van der Waals surface area contributed by atoms with Crippen LogP contribution in [0.15, 0.2) is 22.8 Å². The van der Waals surface area contributed by atoms with E-state index in [4.69, 9.17) is 9.15 Å². The third-order valence-corrected chi connectivity index (χ3v) is 4.68. The predicted molar refractivity (Wildman–Crippen MR) is 93.6 cm³/mol. The normalized spacial score (nSPS) is 11.7. The fourth-order valence-electron chi connectivity index (χ4n) is 2.22. The summed E-state index contributed by atoms with van der Waals surface area (Å²) < 4.78 is 10.3. The van der Waals surface area contributed by atoms with Crippen LogP contribution in [0.5, 0.6) is 0 Å². The Labute approximate surface area is 149 Å². The summed E-state index contributed by atoms with van der Waals surface area (Å²) in [7, 11) is 0. The third-order valence-electron chi connectivity index (χ3n) is 3.56. The van der Waals surface area contributed by atoms with Gasteiger partial charge in [0, 0.05) is 11.8 Å². The van der Waals surface area contributed by atoms with Crippen LogP contribution in [-0.2, 0) is 14.3 Å². The zero-order chi connectivity index (χ0) is 18.6. The first kappa shape index (κ1) is 18.7. The van der Waals surface area contributed by atoms with Crippen molar-refractivity contribution in [2.24, 2.45) is 0 Å². The van der Waals surface area contributed by atoms with Gasteiger partial charge in [0.05, 0.1) is 17.9 Å². The maximum Gasteiger partial charge on any atom is 0.341 e. The highest BCUT2D eigenvalue weighted by Gasteiger charge is 2.22. The Morgan fingerprint density at radius 3 is 2.64 bits per heavy atom. The smallest absolute Gasteiger partial charge is 0.341 e. The Bertz CT molecular complexity index is 779. The first-order chi connectivity index (χ1) is 11.8. The predicted octanol–water partition coefficient (Wildman–Crippen LogP) is 2.95. The zero-order valence-electron chi connectivity index (χ0n) is 14.5. The van der Waals surface area contributed by atoms with Gasteiger partial charge in [-0.25, -0.2) is 4.79 Å². The molecule has 0 fully saturated rings. The van der Waals surface area contributed by atoms with E-state index in [1.54, 1.807) is 26.0 Å². The van der Waals surface area contributed by atoms with Gasteiger partial charge in [-0.05, 0) is 38.5 Å². The SMILES string of the molecule is CC(=O)Nc1sc(C)c(C)c1C(=O)OCC(=O)N[C@@H](C)c1ccco1. The van der Waals surface area contributed by atoms with Crippen molar-refractivity contribution < 1.29 is 23.5 Å². The maximum absolute atomic E-state index is 12.3. The Morgan fingerprint density at radius 2 is 2.04 bits per heavy atom. The second-order valence-corrected chi connectivity index (χ2v) is 6.77. The van der Waals surface area contributed by atoms with E-state index in [1.165, 1.54) is 24.5 Å². The molecule has 134 valence electrons. The molecule has 0 aliphatic carbocycles. The standard InChI is InChI=1S/C17H20N2O5S/c1-9-11(3)25-16(19-12(4)20)15(9)17(22)24-8-14(21)18-10(2)13-6-5-7-23-13/h5-7,10H,8H2,1-4H3,(H,18,21)(H,19,20)/t10-/m0/s1. The summed E-state index contributed by atoms with van der Waals surface area (Å²) in [6, 6.07) is 3.14. The highest BCUT2D eigenvalue weighted by Crippen LogP contribution is 2.32. The van der Waals surface area contributed by atoms with E-state index in [-0.39, 0.29) is 17.5 Å². The Balaban J connectivity index is 1.98. The van der Waals surface area contributed by atoms with E-state index in [9.17, 15) is 14.4 Å². The van der Waals surface area contributed by atoms with Crippen LogP contribution in [0.1, 0.15) is 46.4 Å². The van der Waals surface area contributed by atoms with Crippen LogP contribution in [0.25, 0.3) is 0 Å². The van der Waals surface area contributed by atoms with Gasteiger partial charge in [0.25, 0.3) is 5.91 Å². The van der Waals surface area contributed by atoms with Crippen LogP contribution in [0, 0.1) is 13.8 Å². The van der Waals surface area contributed by atoms with Crippen LogP contribution in [0.2, 0.25) is 0 Å². The molecule has 0 aliphatic heterocycles. The molecule has 7 nitrogen and oxygen atoms in total. The van der Waals surface area contributed by atoms with Crippen molar-refractivity contribution in [3.63, 3.8) is 0 Å². The van der Waals surface area contributed by atoms with Gasteiger partial charge in [-0.15, -0.1) is 11.3 Å². The molecule has 0 saturated heterocycles. The van der Waals surface area contributed by atoms with Gasteiger partial charge in [0.15, 0.2) is 6.61 Å². The molecule has 0 spiro atoms. The van der Waals surface area contributed by atoms with E-state index in [0.717, 1.165) is 10.4 Å². The van der Waals surface area contributed by atoms with E-state index >= 15 is 0 Å². The van der Waals surface area contributed by atoms with Crippen molar-refractivity contribution >= 4 is 34.1 Å². The minimum Gasteiger partial charge on any atom is -0.467 e. The lowest BCUT2D eigenvalue weighted by atomic mass is 10.1. The third kappa shape index (κ3) is 4.69. The molecule has 2 N–H and O–H groups in total. The molecule has 8 heteroatoms. The summed E-state index contributed by atoms with van der Waals surface area (Å²) >= 11 is 1.30. The van der Waals surface area contributed by atoms with Crippen molar-refractivity contribution in [3.05, 3.63) is 40.2 Å². The van der Waals surface area contributed by atoms with Gasteiger partial charge in [-0.2, -0.15) is 0 Å². The first-order valence-corrected chi connectivity index (χ1v) is 8.48. The quantitative estimate of drug-likeness (QED) is 0.768. The number of esters is 1. The monoisotopic (exact) mass is 364 g/mol. The summed E-state index contributed by atoms with van der Waals surface area (Å²) in [4.78, 5) is 36.4. The molecule has 2 heterocycles. The molecule has 2 aromatic rings. The average Bonchev–Trinajstić information content (AvgIpc) is 3.14. The van der Waals surface area contributed by atoms with E-state index < -0.39 is 18.5 Å². The molecule has 2 rings (SSSR count). The number of nitrogens with one attached hydrogen (secondary N) is 2. The number of carbonyl (C=O) groups excluding carboxylic acids is 3. The summed E-state index contributed by atoms with van der Waals surface area (Å²) in [6.45, 7) is 6.33. The van der Waals surface area contributed by atoms with Crippen LogP contribution in [0.3, 0.4) is 0 Å². The largest absolute Gasteiger partial charge is 0.467 e. The summed E-state index contributed by atoms with van der Waals surface area (Å²) in [5.41, 5.74) is 1.01. The maximum atomic E-state index is 12.3. The average molecular weight is 364 g/mol. The summed E-state index contributed by atoms with van der Waals surface area (Å²) in [6.07, 6.45) is 1.52. The molecule has 25 heavy (non-hydrogen) atoms. The van der Waals surface area contributed by atoms with Crippen molar-refractivity contribution in [3.8, 4) is 0 Å². The number of thiophene rings is 1. The van der Waals surface area contributed by atoms with Crippen LogP contribution < -0.4 is 10.6 Å². The number of hydrogen-bond donors (Lipinski definition) is 2. The second-order valence-electron chi connectivity index (χ2n) is 5.55. The highest BCUT2D eigenvalue weighted by molar-refractivity contribution is 7.16. The lowest BCUT2D eigenvalue weighted by Crippen LogP contribution is -2.31. The van der Waals surface area contributed by atoms with Crippen LogP contribution in [0.4, 0.5) is 5.00 Å². The number of furan rings is 1. The lowest BCUT2D eigenvalue weighted by molar-refractivity contribution is -0.125. The zero-order valence-corrected chi connectivity index (χ0v) is 15.3. The first-order valence-electron chi connectivity index (χ1n) is 7.67. The number of hydrogen-bond acceptors (Lipinski definition) is 6. The van der Waals surface area contributed by atoms with Crippen molar-refractivity contribution in [1.29, 1.82) is 0 Å². The molecular weight excluding hydrogens is 344 g/mol. The summed E-state index contributed by atoms with van der Waals surface area (Å²) in [5, 5.41) is 5.73. The molecule has 0 saturated carbocycles. The van der Waals surface area contributed by atoms with E-state index in [0.29, 0.717) is 10.8 Å². The topological polar surface area (TPSA) is 97.6 Å². The van der Waals surface area contributed by atoms with Gasteiger partial charge < -0.3 is 19.8 Å². The number of rotatable bonds is 6. The van der Waals surface area contributed by atoms with E-state index in [2.05, 4.69) is 10.6 Å². The molecule has 0 aromatic carbocycles. The van der Waals surface area contributed by atoms with Crippen LogP contribution >= 0.6 is 11.3 Å². The van der Waals surface area contributed by atoms with Gasteiger partial charge in [0.1, 0.15) is 10.8 Å². The molecule has 2 amide bonds. The molecule has 0 radical (unpaired) electrons. The molecule has 1 atom stereocenters. The van der Waals surface area contributed by atoms with Crippen LogP contribution in [-0.4, -0.2) is 24.4 Å². The van der Waals surface area contributed by atoms with Gasteiger partial charge in [-0.3, -0.25) is 9.59 Å². The number of aryl methyl sites for hydroxylation is 1. The summed E-state index contributed by atoms with van der Waals surface area (Å²) in [5.74, 6) is -0.758. The van der Waals surface area contributed by atoms with Gasteiger partial charge >= 0.3 is 5.97 Å². The molecule has 0 unspecified atom stereocenters. The minimum absolute atomic E-state index is 0.277. The van der Waals surface area contributed by atoms with Crippen molar-refractivity contribution in [1.82, 2.24) is 5.32 Å². The Morgan fingerprint density at radius 1 is 1.32 bits per heavy atom. The molecule has 0 aliphatic rings. The number of ether oxygens (including phenoxy) is 1. The molecular formula is C17H20N2O5S. The minimum atomic E-state index is -0.647. The van der Waals surface area contributed by atoms with Gasteiger partial charge in [0.2, 0.25) is 5.91 Å².